The zero-order chi connectivity index (χ0) is 26.6. The Kier molecular flexibility index (Phi) is 8.49. The number of hydrogen-bond donors (Lipinski definition) is 0. The Morgan fingerprint density at radius 2 is 1.89 bits per heavy atom. The summed E-state index contributed by atoms with van der Waals surface area (Å²) in [6.07, 6.45) is 3.46. The maximum atomic E-state index is 13.6. The quantitative estimate of drug-likeness (QED) is 0.376. The van der Waals surface area contributed by atoms with E-state index in [4.69, 9.17) is 4.74 Å². The number of carbonyl (C=O) groups excluding carboxylic acids is 1. The third-order valence-corrected chi connectivity index (χ3v) is 8.15. The predicted octanol–water partition coefficient (Wildman–Crippen LogP) is 4.95. The molecular weight excluding hydrogens is 486 g/mol. The van der Waals surface area contributed by atoms with Crippen molar-refractivity contribution in [1.29, 1.82) is 0 Å². The fraction of sp³-hybridized carbons (Fsp3) is 0.448. The van der Waals surface area contributed by atoms with E-state index in [-0.39, 0.29) is 35.4 Å². The Balaban J connectivity index is 1.66. The molecule has 8 heteroatoms. The molecule has 1 fully saturated rings. The summed E-state index contributed by atoms with van der Waals surface area (Å²) in [6, 6.07) is 15.1. The fourth-order valence-electron chi connectivity index (χ4n) is 4.74. The lowest BCUT2D eigenvalue weighted by Gasteiger charge is -2.26. The second-order valence-corrected chi connectivity index (χ2v) is 12.4. The monoisotopic (exact) mass is 523 g/mol. The number of carbonyl (C=O) groups is 1. The number of imidazole rings is 1. The van der Waals surface area contributed by atoms with Gasteiger partial charge in [0.15, 0.2) is 0 Å². The first kappa shape index (κ1) is 27.1. The van der Waals surface area contributed by atoms with Crippen molar-refractivity contribution in [2.45, 2.75) is 70.6 Å². The number of ether oxygens (including phenoxy) is 1. The third-order valence-electron chi connectivity index (χ3n) is 6.55. The number of rotatable bonds is 10. The minimum absolute atomic E-state index is 0.0274. The van der Waals surface area contributed by atoms with Gasteiger partial charge < -0.3 is 14.2 Å². The van der Waals surface area contributed by atoms with Crippen molar-refractivity contribution in [3.8, 4) is 0 Å². The number of sulfone groups is 1. The molecule has 1 aliphatic rings. The molecule has 37 heavy (non-hydrogen) atoms. The molecule has 1 aromatic heterocycles. The second kappa shape index (κ2) is 11.6. The Hall–Kier alpha value is -2.97. The smallest absolute Gasteiger partial charge is 0.254 e. The molecule has 0 saturated carbocycles. The average molecular weight is 524 g/mol. The maximum Gasteiger partial charge on any atom is 0.254 e. The van der Waals surface area contributed by atoms with Crippen LogP contribution in [0.1, 0.15) is 59.4 Å². The Morgan fingerprint density at radius 3 is 2.54 bits per heavy atom. The molecule has 1 saturated heterocycles. The van der Waals surface area contributed by atoms with Crippen LogP contribution in [0.25, 0.3) is 0 Å². The van der Waals surface area contributed by atoms with Crippen molar-refractivity contribution in [2.24, 2.45) is 5.92 Å². The highest BCUT2D eigenvalue weighted by Crippen LogP contribution is 2.23. The number of benzene rings is 2. The first-order chi connectivity index (χ1) is 17.6. The summed E-state index contributed by atoms with van der Waals surface area (Å²) in [6.45, 7) is 9.92. The first-order valence-electron chi connectivity index (χ1n) is 12.9. The molecule has 3 aromatic rings. The zero-order valence-corrected chi connectivity index (χ0v) is 23.0. The second-order valence-electron chi connectivity index (χ2n) is 10.5. The minimum Gasteiger partial charge on any atom is -0.376 e. The summed E-state index contributed by atoms with van der Waals surface area (Å²) in [5.74, 6) is -0.0252. The molecule has 0 bridgehead atoms. The van der Waals surface area contributed by atoms with Gasteiger partial charge in [0, 0.05) is 25.3 Å². The van der Waals surface area contributed by atoms with Crippen LogP contribution in [-0.4, -0.2) is 48.0 Å². The van der Waals surface area contributed by atoms with E-state index in [1.165, 1.54) is 0 Å². The van der Waals surface area contributed by atoms with Crippen LogP contribution in [0.3, 0.4) is 0 Å². The molecule has 0 aliphatic carbocycles. The van der Waals surface area contributed by atoms with Gasteiger partial charge in [0.2, 0.25) is 15.0 Å². The van der Waals surface area contributed by atoms with Crippen LogP contribution in [0.2, 0.25) is 0 Å². The highest BCUT2D eigenvalue weighted by atomic mass is 32.2. The highest BCUT2D eigenvalue weighted by molar-refractivity contribution is 7.90. The maximum absolute atomic E-state index is 13.6. The van der Waals surface area contributed by atoms with E-state index in [1.807, 2.05) is 76.2 Å². The number of nitrogens with zero attached hydrogens (tertiary/aromatic N) is 3. The molecule has 1 unspecified atom stereocenters. The standard InChI is InChI=1S/C29H37N3O4S/c1-21(2)17-32-26(16-30-29(32)37(34,35)20-24-8-5-7-23(4)15-24)18-31(19-27-9-6-14-36-27)28(33)25-12-10-22(3)11-13-25/h5,7-8,10-13,15-16,21,27H,6,9,14,17-20H2,1-4H3. The molecule has 4 rings (SSSR count). The van der Waals surface area contributed by atoms with Gasteiger partial charge in [-0.15, -0.1) is 0 Å². The van der Waals surface area contributed by atoms with E-state index in [2.05, 4.69) is 4.98 Å². The van der Waals surface area contributed by atoms with Crippen molar-refractivity contribution in [3.63, 3.8) is 0 Å². The van der Waals surface area contributed by atoms with Gasteiger partial charge in [-0.3, -0.25) is 4.79 Å². The van der Waals surface area contributed by atoms with Crippen molar-refractivity contribution in [2.75, 3.05) is 13.2 Å². The van der Waals surface area contributed by atoms with E-state index < -0.39 is 9.84 Å². The molecule has 1 atom stereocenters. The summed E-state index contributed by atoms with van der Waals surface area (Å²) in [5.41, 5.74) is 4.13. The van der Waals surface area contributed by atoms with E-state index in [1.54, 1.807) is 15.7 Å². The lowest BCUT2D eigenvalue weighted by Crippen LogP contribution is -2.37. The molecule has 198 valence electrons. The van der Waals surface area contributed by atoms with E-state index in [9.17, 15) is 13.2 Å². The van der Waals surface area contributed by atoms with Gasteiger partial charge in [-0.25, -0.2) is 13.4 Å². The molecular formula is C29H37N3O4S. The number of amides is 1. The molecule has 2 heterocycles. The van der Waals surface area contributed by atoms with Crippen LogP contribution in [0.4, 0.5) is 0 Å². The van der Waals surface area contributed by atoms with Crippen molar-refractivity contribution in [1.82, 2.24) is 14.5 Å². The summed E-state index contributed by atoms with van der Waals surface area (Å²) < 4.78 is 34.6. The van der Waals surface area contributed by atoms with Gasteiger partial charge in [-0.1, -0.05) is 61.4 Å². The molecule has 2 aromatic carbocycles. The van der Waals surface area contributed by atoms with E-state index in [0.717, 1.165) is 29.5 Å². The van der Waals surface area contributed by atoms with Gasteiger partial charge in [0.1, 0.15) is 0 Å². The first-order valence-corrected chi connectivity index (χ1v) is 14.6. The summed E-state index contributed by atoms with van der Waals surface area (Å²) in [5, 5.41) is 0.0533. The van der Waals surface area contributed by atoms with E-state index >= 15 is 0 Å². The van der Waals surface area contributed by atoms with Gasteiger partial charge in [-0.2, -0.15) is 0 Å². The lowest BCUT2D eigenvalue weighted by atomic mass is 10.1. The summed E-state index contributed by atoms with van der Waals surface area (Å²) in [4.78, 5) is 19.7. The molecule has 0 spiro atoms. The highest BCUT2D eigenvalue weighted by Gasteiger charge is 2.28. The van der Waals surface area contributed by atoms with Crippen LogP contribution < -0.4 is 0 Å². The SMILES string of the molecule is Cc1ccc(C(=O)N(Cc2cnc(S(=O)(=O)Cc3cccc(C)c3)n2CC(C)C)CC2CCCO2)cc1. The van der Waals surface area contributed by atoms with Gasteiger partial charge in [0.25, 0.3) is 5.91 Å². The van der Waals surface area contributed by atoms with Crippen molar-refractivity contribution < 1.29 is 17.9 Å². The average Bonchev–Trinajstić information content (AvgIpc) is 3.49. The van der Waals surface area contributed by atoms with Crippen molar-refractivity contribution in [3.05, 3.63) is 82.7 Å². The zero-order valence-electron chi connectivity index (χ0n) is 22.2. The Morgan fingerprint density at radius 1 is 1.14 bits per heavy atom. The van der Waals surface area contributed by atoms with Crippen LogP contribution >= 0.6 is 0 Å². The van der Waals surface area contributed by atoms with Crippen LogP contribution in [0, 0.1) is 19.8 Å². The van der Waals surface area contributed by atoms with Crippen LogP contribution in [-0.2, 0) is 33.4 Å². The minimum atomic E-state index is -3.70. The van der Waals surface area contributed by atoms with Crippen molar-refractivity contribution >= 4 is 15.7 Å². The van der Waals surface area contributed by atoms with Gasteiger partial charge >= 0.3 is 0 Å². The van der Waals surface area contributed by atoms with Crippen LogP contribution in [0.15, 0.2) is 59.9 Å². The summed E-state index contributed by atoms with van der Waals surface area (Å²) in [7, 11) is -3.70. The van der Waals surface area contributed by atoms with Crippen LogP contribution in [0.5, 0.6) is 0 Å². The predicted molar refractivity (Wildman–Crippen MR) is 144 cm³/mol. The molecule has 7 nitrogen and oxygen atoms in total. The van der Waals surface area contributed by atoms with Gasteiger partial charge in [0.05, 0.1) is 30.3 Å². The summed E-state index contributed by atoms with van der Waals surface area (Å²) >= 11 is 0. The Labute approximate surface area is 220 Å². The number of aromatic nitrogens is 2. The largest absolute Gasteiger partial charge is 0.376 e. The topological polar surface area (TPSA) is 81.5 Å². The molecule has 0 radical (unpaired) electrons. The molecule has 1 aliphatic heterocycles. The number of hydrogen-bond acceptors (Lipinski definition) is 5. The molecule has 0 N–H and O–H groups in total. The number of aryl methyl sites for hydroxylation is 2. The lowest BCUT2D eigenvalue weighted by molar-refractivity contribution is 0.0501. The third kappa shape index (κ3) is 6.87. The fourth-order valence-corrected chi connectivity index (χ4v) is 6.23. The normalized spacial score (nSPS) is 15.9. The van der Waals surface area contributed by atoms with Gasteiger partial charge in [-0.05, 0) is 50.3 Å². The Bertz CT molecular complexity index is 1320. The molecule has 1 amide bonds. The van der Waals surface area contributed by atoms with E-state index in [0.29, 0.717) is 31.0 Å².